The molecule has 178 valence electrons. The van der Waals surface area contributed by atoms with Crippen molar-refractivity contribution in [2.45, 2.75) is 6.42 Å². The molecule has 1 aliphatic heterocycles. The fourth-order valence-corrected chi connectivity index (χ4v) is 4.51. The summed E-state index contributed by atoms with van der Waals surface area (Å²) < 4.78 is 25.6. The molecular weight excluding hydrogens is 566 g/mol. The predicted octanol–water partition coefficient (Wildman–Crippen LogP) is 4.70. The lowest BCUT2D eigenvalue weighted by Crippen LogP contribution is -2.54. The molecule has 3 aromatic rings. The molecular formula is C26H20FIN2O5. The number of ether oxygens (including phenoxy) is 2. The summed E-state index contributed by atoms with van der Waals surface area (Å²) in [5.41, 5.74) is 1.89. The first-order valence-electron chi connectivity index (χ1n) is 10.5. The van der Waals surface area contributed by atoms with Gasteiger partial charge in [-0.2, -0.15) is 0 Å². The standard InChI is InChI=1S/C26H20FIN2O5/c1-34-18-9-7-17(8-10-18)30-25(32)20(24(31)29-26(30)33)11-15-12-22(28)19(23(13-15)35-2)14-16-5-3-4-6-21(16)27/h3-13H,14H2,1-2H3,(H,29,31,33)/b20-11+. The van der Waals surface area contributed by atoms with Crippen LogP contribution < -0.4 is 19.7 Å². The third-order valence-corrected chi connectivity index (χ3v) is 6.43. The molecule has 1 fully saturated rings. The number of carbonyl (C=O) groups is 3. The van der Waals surface area contributed by atoms with Crippen molar-refractivity contribution >= 4 is 52.2 Å². The van der Waals surface area contributed by atoms with Crippen LogP contribution >= 0.6 is 22.6 Å². The van der Waals surface area contributed by atoms with Gasteiger partial charge in [0, 0.05) is 15.6 Å². The number of halogens is 2. The highest BCUT2D eigenvalue weighted by Gasteiger charge is 2.36. The molecule has 4 amide bonds. The first-order valence-corrected chi connectivity index (χ1v) is 11.6. The zero-order valence-corrected chi connectivity index (χ0v) is 21.0. The third kappa shape index (κ3) is 5.04. The van der Waals surface area contributed by atoms with Crippen molar-refractivity contribution in [2.75, 3.05) is 19.1 Å². The molecule has 7 nitrogen and oxygen atoms in total. The minimum atomic E-state index is -0.838. The highest BCUT2D eigenvalue weighted by molar-refractivity contribution is 14.1. The van der Waals surface area contributed by atoms with Crippen LogP contribution in [0.4, 0.5) is 14.9 Å². The molecule has 4 rings (SSSR count). The summed E-state index contributed by atoms with van der Waals surface area (Å²) in [4.78, 5) is 39.0. The van der Waals surface area contributed by atoms with Crippen LogP contribution in [0.15, 0.2) is 66.2 Å². The zero-order chi connectivity index (χ0) is 25.1. The van der Waals surface area contributed by atoms with Crippen LogP contribution in [0.25, 0.3) is 6.08 Å². The van der Waals surface area contributed by atoms with Crippen molar-refractivity contribution < 1.29 is 28.2 Å². The smallest absolute Gasteiger partial charge is 0.335 e. The van der Waals surface area contributed by atoms with Crippen LogP contribution in [0.5, 0.6) is 11.5 Å². The van der Waals surface area contributed by atoms with Gasteiger partial charge in [-0.05, 0) is 82.3 Å². The number of nitrogens with one attached hydrogen (secondary N) is 1. The van der Waals surface area contributed by atoms with Gasteiger partial charge in [0.1, 0.15) is 22.9 Å². The van der Waals surface area contributed by atoms with Gasteiger partial charge in [-0.1, -0.05) is 18.2 Å². The van der Waals surface area contributed by atoms with Crippen LogP contribution in [0, 0.1) is 9.39 Å². The molecule has 0 aliphatic carbocycles. The Bertz CT molecular complexity index is 1350. The lowest BCUT2D eigenvalue weighted by atomic mass is 10.00. The summed E-state index contributed by atoms with van der Waals surface area (Å²) in [6.45, 7) is 0. The SMILES string of the molecule is COc1ccc(N2C(=O)NC(=O)/C(=C\c3cc(I)c(Cc4ccccc4F)c(OC)c3)C2=O)cc1. The second-order valence-corrected chi connectivity index (χ2v) is 8.77. The van der Waals surface area contributed by atoms with E-state index < -0.39 is 17.8 Å². The first-order chi connectivity index (χ1) is 16.8. The van der Waals surface area contributed by atoms with Crippen molar-refractivity contribution in [3.63, 3.8) is 0 Å². The Balaban J connectivity index is 1.69. The van der Waals surface area contributed by atoms with E-state index in [0.29, 0.717) is 34.7 Å². The lowest BCUT2D eigenvalue weighted by molar-refractivity contribution is -0.122. The maximum absolute atomic E-state index is 14.2. The number of hydrogen-bond acceptors (Lipinski definition) is 5. The van der Waals surface area contributed by atoms with E-state index in [1.165, 1.54) is 26.4 Å². The average Bonchev–Trinajstić information content (AvgIpc) is 2.84. The van der Waals surface area contributed by atoms with Gasteiger partial charge in [0.05, 0.1) is 19.9 Å². The van der Waals surface area contributed by atoms with Crippen molar-refractivity contribution in [3.05, 3.63) is 92.3 Å². The molecule has 0 saturated carbocycles. The number of barbiturate groups is 1. The fraction of sp³-hybridized carbons (Fsp3) is 0.115. The molecule has 9 heteroatoms. The molecule has 0 atom stereocenters. The van der Waals surface area contributed by atoms with Crippen LogP contribution in [0.1, 0.15) is 16.7 Å². The molecule has 1 aliphatic rings. The van der Waals surface area contributed by atoms with E-state index in [2.05, 4.69) is 27.9 Å². The highest BCUT2D eigenvalue weighted by atomic mass is 127. The average molecular weight is 586 g/mol. The normalized spacial score (nSPS) is 14.8. The number of imide groups is 2. The van der Waals surface area contributed by atoms with Crippen LogP contribution in [-0.4, -0.2) is 32.1 Å². The van der Waals surface area contributed by atoms with Gasteiger partial charge in [0.25, 0.3) is 11.8 Å². The summed E-state index contributed by atoms with van der Waals surface area (Å²) in [7, 11) is 3.00. The molecule has 3 aromatic carbocycles. The Kier molecular flexibility index (Phi) is 7.15. The number of carbonyl (C=O) groups excluding carboxylic acids is 3. The Hall–Kier alpha value is -3.73. The Morgan fingerprint density at radius 1 is 1.00 bits per heavy atom. The van der Waals surface area contributed by atoms with Gasteiger partial charge in [0.2, 0.25) is 0 Å². The minimum Gasteiger partial charge on any atom is -0.497 e. The monoisotopic (exact) mass is 586 g/mol. The van der Waals surface area contributed by atoms with Gasteiger partial charge in [-0.25, -0.2) is 14.1 Å². The summed E-state index contributed by atoms with van der Waals surface area (Å²) in [6.07, 6.45) is 1.71. The van der Waals surface area contributed by atoms with Crippen molar-refractivity contribution in [1.82, 2.24) is 5.32 Å². The largest absolute Gasteiger partial charge is 0.497 e. The van der Waals surface area contributed by atoms with Crippen molar-refractivity contribution in [1.29, 1.82) is 0 Å². The Morgan fingerprint density at radius 2 is 1.71 bits per heavy atom. The summed E-state index contributed by atoms with van der Waals surface area (Å²) >= 11 is 2.11. The highest BCUT2D eigenvalue weighted by Crippen LogP contribution is 2.31. The number of rotatable bonds is 6. The second kappa shape index (κ2) is 10.3. The molecule has 0 aromatic heterocycles. The fourth-order valence-electron chi connectivity index (χ4n) is 3.69. The van der Waals surface area contributed by atoms with E-state index in [0.717, 1.165) is 14.0 Å². The second-order valence-electron chi connectivity index (χ2n) is 7.61. The van der Waals surface area contributed by atoms with E-state index >= 15 is 0 Å². The first kappa shape index (κ1) is 24.4. The van der Waals surface area contributed by atoms with Crippen LogP contribution in [0.2, 0.25) is 0 Å². The Morgan fingerprint density at radius 3 is 2.37 bits per heavy atom. The van der Waals surface area contributed by atoms with Gasteiger partial charge in [-0.3, -0.25) is 14.9 Å². The molecule has 0 unspecified atom stereocenters. The maximum atomic E-state index is 14.2. The number of hydrogen-bond donors (Lipinski definition) is 1. The van der Waals surface area contributed by atoms with E-state index in [-0.39, 0.29) is 11.4 Å². The maximum Gasteiger partial charge on any atom is 0.335 e. The van der Waals surface area contributed by atoms with Gasteiger partial charge < -0.3 is 9.47 Å². The van der Waals surface area contributed by atoms with Crippen molar-refractivity contribution in [2.24, 2.45) is 0 Å². The quantitative estimate of drug-likeness (QED) is 0.257. The van der Waals surface area contributed by atoms with E-state index in [4.69, 9.17) is 9.47 Å². The summed E-state index contributed by atoms with van der Waals surface area (Å²) in [6, 6.07) is 15.4. The van der Waals surface area contributed by atoms with Gasteiger partial charge in [0.15, 0.2) is 0 Å². The number of urea groups is 1. The molecule has 1 heterocycles. The number of methoxy groups -OCH3 is 2. The minimum absolute atomic E-state index is 0.208. The predicted molar refractivity (Wildman–Crippen MR) is 137 cm³/mol. The summed E-state index contributed by atoms with van der Waals surface area (Å²) in [5.74, 6) is -0.826. The molecule has 35 heavy (non-hydrogen) atoms. The van der Waals surface area contributed by atoms with Crippen molar-refractivity contribution in [3.8, 4) is 11.5 Å². The molecule has 0 radical (unpaired) electrons. The van der Waals surface area contributed by atoms with Gasteiger partial charge in [-0.15, -0.1) is 0 Å². The van der Waals surface area contributed by atoms with E-state index in [1.54, 1.807) is 54.6 Å². The van der Waals surface area contributed by atoms with E-state index in [1.807, 2.05) is 0 Å². The topological polar surface area (TPSA) is 84.9 Å². The van der Waals surface area contributed by atoms with E-state index in [9.17, 15) is 18.8 Å². The summed E-state index contributed by atoms with van der Waals surface area (Å²) in [5, 5.41) is 2.20. The molecule has 1 N–H and O–H groups in total. The molecule has 0 spiro atoms. The third-order valence-electron chi connectivity index (χ3n) is 5.47. The number of nitrogens with zero attached hydrogens (tertiary/aromatic N) is 1. The Labute approximate surface area is 214 Å². The van der Waals surface area contributed by atoms with Gasteiger partial charge >= 0.3 is 6.03 Å². The molecule has 1 saturated heterocycles. The number of benzene rings is 3. The van der Waals surface area contributed by atoms with Crippen LogP contribution in [0.3, 0.4) is 0 Å². The zero-order valence-electron chi connectivity index (χ0n) is 18.8. The number of anilines is 1. The number of amides is 4. The lowest BCUT2D eigenvalue weighted by Gasteiger charge is -2.26. The van der Waals surface area contributed by atoms with Crippen LogP contribution in [-0.2, 0) is 16.0 Å². The molecule has 0 bridgehead atoms.